The molecule has 0 saturated carbocycles. The van der Waals surface area contributed by atoms with Gasteiger partial charge in [-0.05, 0) is 30.8 Å². The highest BCUT2D eigenvalue weighted by Crippen LogP contribution is 2.42. The van der Waals surface area contributed by atoms with Crippen molar-refractivity contribution < 1.29 is 22.7 Å². The van der Waals surface area contributed by atoms with Crippen molar-refractivity contribution in [1.82, 2.24) is 0 Å². The van der Waals surface area contributed by atoms with Crippen molar-refractivity contribution in [3.05, 3.63) is 28.3 Å². The Morgan fingerprint density at radius 1 is 1.53 bits per heavy atom. The van der Waals surface area contributed by atoms with Crippen molar-refractivity contribution in [3.8, 4) is 6.07 Å². The van der Waals surface area contributed by atoms with Gasteiger partial charge in [0.25, 0.3) is 0 Å². The van der Waals surface area contributed by atoms with Crippen LogP contribution in [0, 0.1) is 11.3 Å². The van der Waals surface area contributed by atoms with Crippen molar-refractivity contribution in [3.63, 3.8) is 0 Å². The van der Waals surface area contributed by atoms with Gasteiger partial charge in [0.15, 0.2) is 0 Å². The van der Waals surface area contributed by atoms with Crippen molar-refractivity contribution in [2.24, 2.45) is 0 Å². The van der Waals surface area contributed by atoms with E-state index in [1.807, 2.05) is 0 Å². The van der Waals surface area contributed by atoms with Crippen LogP contribution in [-0.4, -0.2) is 18.1 Å². The third kappa shape index (κ3) is 4.33. The average Bonchev–Trinajstić information content (AvgIpc) is 2.30. The Balaban J connectivity index is 3.23. The minimum Gasteiger partial charge on any atom is -0.462 e. The molecule has 0 fully saturated rings. The van der Waals surface area contributed by atoms with Gasteiger partial charge in [-0.3, -0.25) is 0 Å². The summed E-state index contributed by atoms with van der Waals surface area (Å²) in [6.45, 7) is 1.69. The van der Waals surface area contributed by atoms with Crippen LogP contribution in [0.15, 0.2) is 17.0 Å². The molecule has 0 saturated heterocycles. The van der Waals surface area contributed by atoms with Gasteiger partial charge in [0.2, 0.25) is 0 Å². The lowest BCUT2D eigenvalue weighted by Gasteiger charge is -2.10. The largest absolute Gasteiger partial charge is 0.462 e. The van der Waals surface area contributed by atoms with E-state index in [0.717, 1.165) is 12.1 Å². The molecule has 102 valence electrons. The van der Waals surface area contributed by atoms with Gasteiger partial charge in [0, 0.05) is 0 Å². The van der Waals surface area contributed by atoms with Gasteiger partial charge in [-0.2, -0.15) is 18.4 Å². The Labute approximate surface area is 116 Å². The van der Waals surface area contributed by atoms with Crippen LogP contribution in [0.5, 0.6) is 0 Å². The lowest BCUT2D eigenvalue weighted by molar-refractivity contribution is -0.0328. The second kappa shape index (κ2) is 6.17. The van der Waals surface area contributed by atoms with Crippen molar-refractivity contribution >= 4 is 29.3 Å². The molecule has 19 heavy (non-hydrogen) atoms. The van der Waals surface area contributed by atoms with E-state index < -0.39 is 28.1 Å². The van der Waals surface area contributed by atoms with E-state index in [4.69, 9.17) is 16.9 Å². The van der Waals surface area contributed by atoms with Crippen LogP contribution in [-0.2, 0) is 4.74 Å². The standard InChI is InChI=1S/C11H7ClF3NO2S/c1-2-18-10(17)6-3-7(5-16)9(8(12)4-6)19-11(13,14)15/h3-4H,2H2,1H3. The molecule has 8 heteroatoms. The van der Waals surface area contributed by atoms with Crippen LogP contribution in [0.2, 0.25) is 5.02 Å². The molecule has 0 radical (unpaired) electrons. The van der Waals surface area contributed by atoms with Crippen molar-refractivity contribution in [2.75, 3.05) is 6.61 Å². The zero-order valence-corrected chi connectivity index (χ0v) is 11.1. The van der Waals surface area contributed by atoms with E-state index in [-0.39, 0.29) is 22.8 Å². The number of nitriles is 1. The molecule has 0 aliphatic rings. The third-order valence-electron chi connectivity index (χ3n) is 1.89. The number of carbonyl (C=O) groups is 1. The molecule has 0 aromatic heterocycles. The zero-order chi connectivity index (χ0) is 14.6. The van der Waals surface area contributed by atoms with E-state index >= 15 is 0 Å². The number of ether oxygens (including phenoxy) is 1. The van der Waals surface area contributed by atoms with Crippen LogP contribution in [0.1, 0.15) is 22.8 Å². The normalized spacial score (nSPS) is 10.9. The second-order valence-electron chi connectivity index (χ2n) is 3.21. The van der Waals surface area contributed by atoms with Crippen LogP contribution in [0.25, 0.3) is 0 Å². The number of hydrogen-bond donors (Lipinski definition) is 0. The number of esters is 1. The lowest BCUT2D eigenvalue weighted by atomic mass is 10.1. The second-order valence-corrected chi connectivity index (χ2v) is 4.70. The number of thioether (sulfide) groups is 1. The molecule has 0 amide bonds. The Morgan fingerprint density at radius 3 is 2.63 bits per heavy atom. The highest BCUT2D eigenvalue weighted by atomic mass is 35.5. The molecule has 0 unspecified atom stereocenters. The molecular weight excluding hydrogens is 303 g/mol. The third-order valence-corrected chi connectivity index (χ3v) is 3.18. The minimum atomic E-state index is -4.57. The van der Waals surface area contributed by atoms with Gasteiger partial charge in [-0.25, -0.2) is 4.79 Å². The molecule has 0 N–H and O–H groups in total. The van der Waals surface area contributed by atoms with Crippen LogP contribution in [0.4, 0.5) is 13.2 Å². The summed E-state index contributed by atoms with van der Waals surface area (Å²) in [6.07, 6.45) is 0. The quantitative estimate of drug-likeness (QED) is 0.625. The summed E-state index contributed by atoms with van der Waals surface area (Å²) < 4.78 is 41.6. The summed E-state index contributed by atoms with van der Waals surface area (Å²) in [6, 6.07) is 3.66. The first-order valence-corrected chi connectivity index (χ1v) is 6.14. The summed E-state index contributed by atoms with van der Waals surface area (Å²) >= 11 is 5.19. The highest BCUT2D eigenvalue weighted by molar-refractivity contribution is 8.00. The fourth-order valence-corrected chi connectivity index (χ4v) is 2.17. The first-order chi connectivity index (χ1) is 8.78. The van der Waals surface area contributed by atoms with E-state index in [9.17, 15) is 18.0 Å². The Kier molecular flexibility index (Phi) is 5.09. The van der Waals surface area contributed by atoms with Gasteiger partial charge < -0.3 is 4.74 Å². The minimum absolute atomic E-state index is 0.0603. The monoisotopic (exact) mass is 309 g/mol. The molecule has 1 aromatic rings. The lowest BCUT2D eigenvalue weighted by Crippen LogP contribution is -2.06. The number of rotatable bonds is 3. The molecule has 1 aromatic carbocycles. The molecule has 0 aliphatic heterocycles. The van der Waals surface area contributed by atoms with Gasteiger partial charge in [-0.15, -0.1) is 0 Å². The van der Waals surface area contributed by atoms with E-state index in [0.29, 0.717) is 0 Å². The van der Waals surface area contributed by atoms with E-state index in [1.165, 1.54) is 0 Å². The average molecular weight is 310 g/mol. The number of nitrogens with zero attached hydrogens (tertiary/aromatic N) is 1. The molecule has 0 spiro atoms. The van der Waals surface area contributed by atoms with Gasteiger partial charge in [0.1, 0.15) is 6.07 Å². The summed E-state index contributed by atoms with van der Waals surface area (Å²) in [5, 5.41) is 8.52. The number of carbonyl (C=O) groups excluding carboxylic acids is 1. The number of benzene rings is 1. The molecule has 3 nitrogen and oxygen atoms in total. The van der Waals surface area contributed by atoms with Crippen LogP contribution in [0.3, 0.4) is 0 Å². The Bertz CT molecular complexity index is 540. The number of alkyl halides is 3. The Hall–Kier alpha value is -1.39. The summed E-state index contributed by atoms with van der Waals surface area (Å²) in [5.41, 5.74) is -4.95. The number of hydrogen-bond acceptors (Lipinski definition) is 4. The summed E-state index contributed by atoms with van der Waals surface area (Å²) in [4.78, 5) is 11.0. The van der Waals surface area contributed by atoms with Crippen molar-refractivity contribution in [2.45, 2.75) is 17.3 Å². The smallest absolute Gasteiger partial charge is 0.446 e. The van der Waals surface area contributed by atoms with Crippen LogP contribution >= 0.6 is 23.4 Å². The first-order valence-electron chi connectivity index (χ1n) is 4.95. The van der Waals surface area contributed by atoms with Gasteiger partial charge >= 0.3 is 11.5 Å². The van der Waals surface area contributed by atoms with Crippen molar-refractivity contribution in [1.29, 1.82) is 5.26 Å². The topological polar surface area (TPSA) is 50.1 Å². The van der Waals surface area contributed by atoms with Gasteiger partial charge in [-0.1, -0.05) is 11.6 Å². The SMILES string of the molecule is CCOC(=O)c1cc(Cl)c(SC(F)(F)F)c(C#N)c1. The van der Waals surface area contributed by atoms with Crippen LogP contribution < -0.4 is 0 Å². The predicted molar refractivity (Wildman–Crippen MR) is 64.0 cm³/mol. The first kappa shape index (κ1) is 15.7. The Morgan fingerprint density at radius 2 is 2.16 bits per heavy atom. The fraction of sp³-hybridized carbons (Fsp3) is 0.273. The molecule has 0 atom stereocenters. The molecule has 0 aliphatic carbocycles. The molecule has 1 rings (SSSR count). The maximum atomic E-state index is 12.3. The zero-order valence-electron chi connectivity index (χ0n) is 9.55. The van der Waals surface area contributed by atoms with Gasteiger partial charge in [0.05, 0.1) is 27.7 Å². The maximum Gasteiger partial charge on any atom is 0.446 e. The van der Waals surface area contributed by atoms with E-state index in [2.05, 4.69) is 4.74 Å². The maximum absolute atomic E-state index is 12.3. The summed E-state index contributed by atoms with van der Waals surface area (Å²) in [7, 11) is 0. The summed E-state index contributed by atoms with van der Waals surface area (Å²) in [5.74, 6) is -0.746. The highest BCUT2D eigenvalue weighted by Gasteiger charge is 2.32. The predicted octanol–water partition coefficient (Wildman–Crippen LogP) is 4.00. The number of halogens is 4. The molecule has 0 heterocycles. The molecule has 0 bridgehead atoms. The fourth-order valence-electron chi connectivity index (χ4n) is 1.23. The molecular formula is C11H7ClF3NO2S. The van der Waals surface area contributed by atoms with E-state index in [1.54, 1.807) is 13.0 Å².